The third kappa shape index (κ3) is 4.61. The zero-order chi connectivity index (χ0) is 19.8. The highest BCUT2D eigenvalue weighted by Crippen LogP contribution is 2.42. The summed E-state index contributed by atoms with van der Waals surface area (Å²) in [6.45, 7) is 0.0346. The van der Waals surface area contributed by atoms with Gasteiger partial charge < -0.3 is 5.32 Å². The van der Waals surface area contributed by atoms with Crippen molar-refractivity contribution in [3.63, 3.8) is 0 Å². The fourth-order valence-corrected chi connectivity index (χ4v) is 2.64. The van der Waals surface area contributed by atoms with Gasteiger partial charge in [0.1, 0.15) is 0 Å². The van der Waals surface area contributed by atoms with Crippen molar-refractivity contribution in [2.45, 2.75) is 37.7 Å². The summed E-state index contributed by atoms with van der Waals surface area (Å²) < 4.78 is 77.3. The van der Waals surface area contributed by atoms with Crippen molar-refractivity contribution >= 4 is 5.91 Å². The number of carbonyl (C=O) groups is 1. The van der Waals surface area contributed by atoms with Crippen LogP contribution in [0.4, 0.5) is 26.3 Å². The lowest BCUT2D eigenvalue weighted by atomic mass is 10.1. The number of aromatic nitrogens is 2. The maximum atomic E-state index is 12.8. The fraction of sp³-hybridized carbons (Fsp3) is 0.412. The van der Waals surface area contributed by atoms with Gasteiger partial charge in [-0.25, -0.2) is 0 Å². The number of rotatable bonds is 5. The van der Waals surface area contributed by atoms with Crippen molar-refractivity contribution in [1.29, 1.82) is 0 Å². The monoisotopic (exact) mass is 391 g/mol. The molecule has 1 amide bonds. The minimum atomic E-state index is -4.54. The molecule has 1 fully saturated rings. The predicted octanol–water partition coefficient (Wildman–Crippen LogP) is 4.23. The predicted molar refractivity (Wildman–Crippen MR) is 83.0 cm³/mol. The number of amides is 1. The van der Waals surface area contributed by atoms with Crippen molar-refractivity contribution in [1.82, 2.24) is 15.1 Å². The number of nitrogens with one attached hydrogen (secondary N) is 1. The van der Waals surface area contributed by atoms with E-state index < -0.39 is 29.5 Å². The molecule has 4 nitrogen and oxygen atoms in total. The summed E-state index contributed by atoms with van der Waals surface area (Å²) in [7, 11) is 0. The molecule has 1 heterocycles. The van der Waals surface area contributed by atoms with Crippen molar-refractivity contribution in [2.75, 3.05) is 6.54 Å². The number of alkyl halides is 6. The smallest absolute Gasteiger partial charge is 0.350 e. The molecule has 1 aliphatic carbocycles. The van der Waals surface area contributed by atoms with Gasteiger partial charge in [-0.05, 0) is 43.2 Å². The van der Waals surface area contributed by atoms with Crippen LogP contribution in [0.15, 0.2) is 30.3 Å². The van der Waals surface area contributed by atoms with E-state index in [1.807, 2.05) is 0 Å². The van der Waals surface area contributed by atoms with Crippen LogP contribution >= 0.6 is 0 Å². The van der Waals surface area contributed by atoms with E-state index in [9.17, 15) is 31.1 Å². The Morgan fingerprint density at radius 3 is 2.22 bits per heavy atom. The maximum absolute atomic E-state index is 12.8. The largest absolute Gasteiger partial charge is 0.435 e. The van der Waals surface area contributed by atoms with Crippen molar-refractivity contribution < 1.29 is 31.1 Å². The molecule has 1 aromatic carbocycles. The van der Waals surface area contributed by atoms with Gasteiger partial charge in [-0.1, -0.05) is 0 Å². The number of halogens is 6. The fourth-order valence-electron chi connectivity index (χ4n) is 2.64. The summed E-state index contributed by atoms with van der Waals surface area (Å²) in [5, 5.41) is 6.04. The van der Waals surface area contributed by atoms with Gasteiger partial charge in [0.05, 0.1) is 12.1 Å². The molecule has 0 unspecified atom stereocenters. The second kappa shape index (κ2) is 6.90. The van der Waals surface area contributed by atoms with Crippen LogP contribution in [0.2, 0.25) is 0 Å². The molecule has 0 atom stereocenters. The summed E-state index contributed by atoms with van der Waals surface area (Å²) in [4.78, 5) is 12.0. The van der Waals surface area contributed by atoms with Crippen LogP contribution in [0.3, 0.4) is 0 Å². The van der Waals surface area contributed by atoms with Crippen LogP contribution in [0.1, 0.15) is 46.1 Å². The Bertz CT molecular complexity index is 819. The minimum Gasteiger partial charge on any atom is -0.350 e. The van der Waals surface area contributed by atoms with Crippen LogP contribution in [-0.2, 0) is 18.9 Å². The van der Waals surface area contributed by atoms with Gasteiger partial charge in [0.15, 0.2) is 5.69 Å². The summed E-state index contributed by atoms with van der Waals surface area (Å²) in [5.74, 6) is -0.570. The second-order valence-corrected chi connectivity index (χ2v) is 6.28. The Balaban J connectivity index is 1.61. The molecule has 0 spiro atoms. The summed E-state index contributed by atoms with van der Waals surface area (Å²) in [6, 6.07) is 4.70. The van der Waals surface area contributed by atoms with Gasteiger partial charge in [0.25, 0.3) is 5.91 Å². The first-order valence-electron chi connectivity index (χ1n) is 8.16. The molecule has 2 aromatic rings. The molecule has 146 valence electrons. The number of nitrogens with zero attached hydrogens (tertiary/aromatic N) is 2. The summed E-state index contributed by atoms with van der Waals surface area (Å²) in [5.41, 5.74) is -1.34. The number of hydrogen-bond donors (Lipinski definition) is 1. The second-order valence-electron chi connectivity index (χ2n) is 6.28. The van der Waals surface area contributed by atoms with Gasteiger partial charge in [0, 0.05) is 23.7 Å². The van der Waals surface area contributed by atoms with Crippen LogP contribution < -0.4 is 5.32 Å². The van der Waals surface area contributed by atoms with Crippen LogP contribution in [0.25, 0.3) is 0 Å². The first kappa shape index (κ1) is 19.2. The van der Waals surface area contributed by atoms with Crippen LogP contribution in [-0.4, -0.2) is 22.2 Å². The van der Waals surface area contributed by atoms with E-state index >= 15 is 0 Å². The third-order valence-electron chi connectivity index (χ3n) is 4.18. The topological polar surface area (TPSA) is 46.9 Å². The van der Waals surface area contributed by atoms with E-state index in [1.165, 1.54) is 4.68 Å². The molecule has 0 bridgehead atoms. The molecule has 3 rings (SSSR count). The molecule has 1 saturated carbocycles. The van der Waals surface area contributed by atoms with Gasteiger partial charge in [-0.15, -0.1) is 0 Å². The standard InChI is InChI=1S/C17H15F6N3O/c18-16(19,20)12-5-3-11(4-6-12)15(27)24-7-8-26-13(10-1-2-10)9-14(25-26)17(21,22)23/h3-6,9-10H,1-2,7-8H2,(H,24,27). The molecule has 0 radical (unpaired) electrons. The zero-order valence-corrected chi connectivity index (χ0v) is 13.9. The summed E-state index contributed by atoms with van der Waals surface area (Å²) in [6.07, 6.45) is -7.45. The average molecular weight is 391 g/mol. The maximum Gasteiger partial charge on any atom is 0.435 e. The van der Waals surface area contributed by atoms with Gasteiger partial charge in [0.2, 0.25) is 0 Å². The average Bonchev–Trinajstić information content (AvgIpc) is 3.33. The molecule has 0 aliphatic heterocycles. The van der Waals surface area contributed by atoms with Gasteiger partial charge >= 0.3 is 12.4 Å². The molecular formula is C17H15F6N3O. The molecule has 1 aliphatic rings. The van der Waals surface area contributed by atoms with Crippen LogP contribution in [0, 0.1) is 0 Å². The molecule has 10 heteroatoms. The van der Waals surface area contributed by atoms with E-state index in [4.69, 9.17) is 0 Å². The lowest BCUT2D eigenvalue weighted by molar-refractivity contribution is -0.141. The van der Waals surface area contributed by atoms with E-state index in [0.717, 1.165) is 43.2 Å². The van der Waals surface area contributed by atoms with Crippen molar-refractivity contribution in [3.05, 3.63) is 52.8 Å². The highest BCUT2D eigenvalue weighted by Gasteiger charge is 2.37. The molecular weight excluding hydrogens is 376 g/mol. The Morgan fingerprint density at radius 2 is 1.70 bits per heavy atom. The Morgan fingerprint density at radius 1 is 1.07 bits per heavy atom. The molecule has 27 heavy (non-hydrogen) atoms. The minimum absolute atomic E-state index is 0.00144. The van der Waals surface area contributed by atoms with Crippen molar-refractivity contribution in [2.24, 2.45) is 0 Å². The highest BCUT2D eigenvalue weighted by molar-refractivity contribution is 5.94. The van der Waals surface area contributed by atoms with E-state index in [0.29, 0.717) is 5.69 Å². The normalized spacial score (nSPS) is 15.0. The van der Waals surface area contributed by atoms with Crippen LogP contribution in [0.5, 0.6) is 0 Å². The number of benzene rings is 1. The third-order valence-corrected chi connectivity index (χ3v) is 4.18. The van der Waals surface area contributed by atoms with Gasteiger partial charge in [-0.3, -0.25) is 9.48 Å². The quantitative estimate of drug-likeness (QED) is 0.776. The van der Waals surface area contributed by atoms with Gasteiger partial charge in [-0.2, -0.15) is 31.4 Å². The molecule has 1 aromatic heterocycles. The first-order chi connectivity index (χ1) is 12.6. The Kier molecular flexibility index (Phi) is 4.92. The van der Waals surface area contributed by atoms with E-state index in [2.05, 4.69) is 10.4 Å². The zero-order valence-electron chi connectivity index (χ0n) is 13.9. The molecule has 0 saturated heterocycles. The Hall–Kier alpha value is -2.52. The van der Waals surface area contributed by atoms with Crippen molar-refractivity contribution in [3.8, 4) is 0 Å². The highest BCUT2D eigenvalue weighted by atomic mass is 19.4. The lowest BCUT2D eigenvalue weighted by Crippen LogP contribution is -2.28. The SMILES string of the molecule is O=C(NCCn1nc(C(F)(F)F)cc1C1CC1)c1ccc(C(F)(F)F)cc1. The number of carbonyl (C=O) groups excluding carboxylic acids is 1. The number of hydrogen-bond acceptors (Lipinski definition) is 2. The molecule has 1 N–H and O–H groups in total. The lowest BCUT2D eigenvalue weighted by Gasteiger charge is -2.10. The van der Waals surface area contributed by atoms with E-state index in [-0.39, 0.29) is 24.6 Å². The summed E-state index contributed by atoms with van der Waals surface area (Å²) >= 11 is 0. The Labute approximate surface area is 150 Å². The first-order valence-corrected chi connectivity index (χ1v) is 8.16. The van der Waals surface area contributed by atoms with E-state index in [1.54, 1.807) is 0 Å².